The first-order valence-corrected chi connectivity index (χ1v) is 8.39. The van der Waals surface area contributed by atoms with Gasteiger partial charge in [-0.05, 0) is 5.22 Å². The number of hydrogen-bond acceptors (Lipinski definition) is 5. The van der Waals surface area contributed by atoms with Gasteiger partial charge in [-0.3, -0.25) is 4.40 Å². The Balaban J connectivity index is 1.67. The molecule has 5 rings (SSSR count). The molecule has 0 radical (unpaired) electrons. The maximum Gasteiger partial charge on any atom is 0.144 e. The normalized spacial score (nSPS) is 13.5. The molecule has 26 heavy (non-hydrogen) atoms. The molecule has 6 nitrogen and oxygen atoms in total. The molecule has 2 aromatic heterocycles. The van der Waals surface area contributed by atoms with E-state index < -0.39 is 0 Å². The van der Waals surface area contributed by atoms with Crippen LogP contribution >= 0.6 is 0 Å². The van der Waals surface area contributed by atoms with Crippen molar-refractivity contribution in [2.24, 2.45) is 15.4 Å². The lowest BCUT2D eigenvalue weighted by molar-refractivity contribution is 0.378. The first-order valence-electron chi connectivity index (χ1n) is 8.39. The Bertz CT molecular complexity index is 1160. The minimum absolute atomic E-state index is 0.373. The molecule has 126 valence electrons. The molecule has 0 saturated carbocycles. The van der Waals surface area contributed by atoms with Gasteiger partial charge in [-0.1, -0.05) is 54.6 Å². The molecule has 0 amide bonds. The van der Waals surface area contributed by atoms with Gasteiger partial charge >= 0.3 is 0 Å². The summed E-state index contributed by atoms with van der Waals surface area (Å²) in [5.41, 5.74) is 2.93. The first kappa shape index (κ1) is 14.8. The monoisotopic (exact) mass is 341 g/mol. The summed E-state index contributed by atoms with van der Waals surface area (Å²) >= 11 is 0. The van der Waals surface area contributed by atoms with Crippen LogP contribution in [0.1, 0.15) is 0 Å². The highest BCUT2D eigenvalue weighted by molar-refractivity contribution is 6.00. The Morgan fingerprint density at radius 3 is 2.58 bits per heavy atom. The second-order valence-electron chi connectivity index (χ2n) is 6.09. The number of hydrogen-bond donors (Lipinski definition) is 0. The van der Waals surface area contributed by atoms with Crippen LogP contribution in [0.4, 0.5) is 0 Å². The Kier molecular flexibility index (Phi) is 3.45. The molecule has 0 bridgehead atoms. The standard InChI is InChI=1S/C20H15N5O/c1-2-6-14(7-3-1)20-21-11-18-16-8-4-5-9-17(16)19(12-25(18)20)26-13-15-10-22-24-23-15/h1-9,11-12H,10,13H2. The van der Waals surface area contributed by atoms with E-state index in [9.17, 15) is 0 Å². The zero-order valence-corrected chi connectivity index (χ0v) is 13.9. The summed E-state index contributed by atoms with van der Waals surface area (Å²) in [7, 11) is 0. The van der Waals surface area contributed by atoms with Crippen molar-refractivity contribution in [1.82, 2.24) is 9.38 Å². The quantitative estimate of drug-likeness (QED) is 0.554. The van der Waals surface area contributed by atoms with Crippen molar-refractivity contribution in [3.05, 3.63) is 67.0 Å². The van der Waals surface area contributed by atoms with E-state index in [0.29, 0.717) is 13.2 Å². The Hall–Kier alpha value is -3.54. The van der Waals surface area contributed by atoms with Gasteiger partial charge in [0.05, 0.1) is 17.9 Å². The molecular formula is C20H15N5O. The zero-order valence-electron chi connectivity index (χ0n) is 13.9. The molecule has 0 saturated heterocycles. The molecule has 3 heterocycles. The number of benzene rings is 2. The third kappa shape index (κ3) is 2.43. The van der Waals surface area contributed by atoms with Gasteiger partial charge in [0.25, 0.3) is 0 Å². The lowest BCUT2D eigenvalue weighted by Gasteiger charge is -2.12. The third-order valence-corrected chi connectivity index (χ3v) is 4.44. The van der Waals surface area contributed by atoms with Crippen molar-refractivity contribution in [2.45, 2.75) is 0 Å². The number of ether oxygens (including phenoxy) is 1. The second-order valence-corrected chi connectivity index (χ2v) is 6.09. The van der Waals surface area contributed by atoms with Crippen LogP contribution in [0.5, 0.6) is 5.75 Å². The molecule has 0 spiro atoms. The minimum Gasteiger partial charge on any atom is -0.485 e. The van der Waals surface area contributed by atoms with Crippen LogP contribution < -0.4 is 4.74 Å². The van der Waals surface area contributed by atoms with Gasteiger partial charge in [-0.15, -0.1) is 5.10 Å². The number of pyridine rings is 1. The van der Waals surface area contributed by atoms with Crippen LogP contribution in [0, 0.1) is 0 Å². The summed E-state index contributed by atoms with van der Waals surface area (Å²) in [6, 6.07) is 18.3. The van der Waals surface area contributed by atoms with E-state index in [-0.39, 0.29) is 0 Å². The second kappa shape index (κ2) is 6.07. The van der Waals surface area contributed by atoms with Crippen LogP contribution in [0.3, 0.4) is 0 Å². The SMILES string of the molecule is c1ccc(-c2ncc3c4ccccc4c(OCC4=NN=NC4)cn23)cc1. The fourth-order valence-electron chi connectivity index (χ4n) is 3.19. The number of fused-ring (bicyclic) bond motifs is 3. The smallest absolute Gasteiger partial charge is 0.144 e. The van der Waals surface area contributed by atoms with E-state index in [1.54, 1.807) is 0 Å². The summed E-state index contributed by atoms with van der Waals surface area (Å²) in [6.07, 6.45) is 3.91. The highest BCUT2D eigenvalue weighted by atomic mass is 16.5. The van der Waals surface area contributed by atoms with Gasteiger partial charge in [0, 0.05) is 16.3 Å². The van der Waals surface area contributed by atoms with Gasteiger partial charge in [0.1, 0.15) is 30.4 Å². The Morgan fingerprint density at radius 2 is 1.77 bits per heavy atom. The molecule has 0 fully saturated rings. The molecule has 0 atom stereocenters. The Morgan fingerprint density at radius 1 is 0.962 bits per heavy atom. The fraction of sp³-hybridized carbons (Fsp3) is 0.100. The van der Waals surface area contributed by atoms with Crippen LogP contribution in [0.15, 0.2) is 82.4 Å². The van der Waals surface area contributed by atoms with Gasteiger partial charge in [0.15, 0.2) is 0 Å². The maximum absolute atomic E-state index is 6.07. The highest BCUT2D eigenvalue weighted by Gasteiger charge is 2.14. The summed E-state index contributed by atoms with van der Waals surface area (Å²) < 4.78 is 8.15. The average molecular weight is 341 g/mol. The van der Waals surface area contributed by atoms with Crippen molar-refractivity contribution in [3.63, 3.8) is 0 Å². The third-order valence-electron chi connectivity index (χ3n) is 4.44. The van der Waals surface area contributed by atoms with Crippen LogP contribution in [-0.4, -0.2) is 28.2 Å². The number of imidazole rings is 1. The van der Waals surface area contributed by atoms with Crippen molar-refractivity contribution < 1.29 is 4.74 Å². The van der Waals surface area contributed by atoms with Gasteiger partial charge < -0.3 is 4.74 Å². The van der Waals surface area contributed by atoms with E-state index in [4.69, 9.17) is 4.74 Å². The molecule has 6 heteroatoms. The molecular weight excluding hydrogens is 326 g/mol. The molecule has 2 aromatic carbocycles. The van der Waals surface area contributed by atoms with Crippen molar-refractivity contribution in [3.8, 4) is 17.1 Å². The summed E-state index contributed by atoms with van der Waals surface area (Å²) in [5, 5.41) is 13.6. The maximum atomic E-state index is 6.07. The summed E-state index contributed by atoms with van der Waals surface area (Å²) in [5.74, 6) is 1.68. The lowest BCUT2D eigenvalue weighted by atomic mass is 10.1. The molecule has 4 aromatic rings. The molecule has 0 unspecified atom stereocenters. The fourth-order valence-corrected chi connectivity index (χ4v) is 3.19. The van der Waals surface area contributed by atoms with E-state index in [0.717, 1.165) is 39.1 Å². The van der Waals surface area contributed by atoms with E-state index in [2.05, 4.69) is 49.1 Å². The van der Waals surface area contributed by atoms with Crippen molar-refractivity contribution in [2.75, 3.05) is 13.2 Å². The minimum atomic E-state index is 0.373. The highest BCUT2D eigenvalue weighted by Crippen LogP contribution is 2.32. The van der Waals surface area contributed by atoms with Gasteiger partial charge in [-0.25, -0.2) is 4.98 Å². The summed E-state index contributed by atoms with van der Waals surface area (Å²) in [4.78, 5) is 4.65. The molecule has 1 aliphatic rings. The van der Waals surface area contributed by atoms with Crippen molar-refractivity contribution >= 4 is 22.0 Å². The van der Waals surface area contributed by atoms with E-state index in [1.807, 2.05) is 42.7 Å². The first-order chi connectivity index (χ1) is 12.9. The average Bonchev–Trinajstić information content (AvgIpc) is 3.36. The van der Waals surface area contributed by atoms with Crippen molar-refractivity contribution in [1.29, 1.82) is 0 Å². The van der Waals surface area contributed by atoms with Crippen LogP contribution in [0.25, 0.3) is 27.7 Å². The van der Waals surface area contributed by atoms with E-state index in [1.165, 1.54) is 0 Å². The predicted octanol–water partition coefficient (Wildman–Crippen LogP) is 4.36. The molecule has 0 aliphatic carbocycles. The topological polar surface area (TPSA) is 63.6 Å². The zero-order chi connectivity index (χ0) is 17.3. The van der Waals surface area contributed by atoms with Gasteiger partial charge in [0.2, 0.25) is 0 Å². The number of aromatic nitrogens is 2. The summed E-state index contributed by atoms with van der Waals surface area (Å²) in [6.45, 7) is 0.873. The lowest BCUT2D eigenvalue weighted by Crippen LogP contribution is -2.12. The Labute approximate surface area is 149 Å². The molecule has 1 aliphatic heterocycles. The largest absolute Gasteiger partial charge is 0.485 e. The predicted molar refractivity (Wildman–Crippen MR) is 101 cm³/mol. The van der Waals surface area contributed by atoms with E-state index >= 15 is 0 Å². The number of nitrogens with zero attached hydrogens (tertiary/aromatic N) is 5. The van der Waals surface area contributed by atoms with Gasteiger partial charge in [-0.2, -0.15) is 5.11 Å². The van der Waals surface area contributed by atoms with Crippen LogP contribution in [-0.2, 0) is 0 Å². The number of rotatable bonds is 4. The molecule has 0 N–H and O–H groups in total. The van der Waals surface area contributed by atoms with Crippen LogP contribution in [0.2, 0.25) is 0 Å².